The summed E-state index contributed by atoms with van der Waals surface area (Å²) in [6.45, 7) is 0. The standard InChI is InChI=1S/C19H13NO3/c1-22-16-11-5-10-15-17(16)20-18(23-19(15)21)14-9-4-7-12-6-2-3-8-13(12)14/h2-11H,1H3. The Morgan fingerprint density at radius 2 is 1.65 bits per heavy atom. The fourth-order valence-corrected chi connectivity index (χ4v) is 2.76. The van der Waals surface area contributed by atoms with Crippen molar-refractivity contribution in [1.29, 1.82) is 0 Å². The van der Waals surface area contributed by atoms with Crippen LogP contribution in [0, 0.1) is 0 Å². The van der Waals surface area contributed by atoms with Gasteiger partial charge in [-0.2, -0.15) is 0 Å². The molecule has 3 aromatic carbocycles. The Bertz CT molecular complexity index is 1080. The lowest BCUT2D eigenvalue weighted by Gasteiger charge is -2.07. The summed E-state index contributed by atoms with van der Waals surface area (Å²) < 4.78 is 10.8. The average molecular weight is 303 g/mol. The average Bonchev–Trinajstić information content (AvgIpc) is 2.60. The molecule has 0 spiro atoms. The number of methoxy groups -OCH3 is 1. The van der Waals surface area contributed by atoms with Gasteiger partial charge in [-0.05, 0) is 29.0 Å². The lowest BCUT2D eigenvalue weighted by Crippen LogP contribution is -2.04. The molecular formula is C19H13NO3. The number of rotatable bonds is 2. The fourth-order valence-electron chi connectivity index (χ4n) is 2.76. The van der Waals surface area contributed by atoms with Gasteiger partial charge in [0.05, 0.1) is 12.5 Å². The van der Waals surface area contributed by atoms with Crippen molar-refractivity contribution in [3.05, 3.63) is 71.1 Å². The molecule has 1 heterocycles. The van der Waals surface area contributed by atoms with Gasteiger partial charge in [-0.15, -0.1) is 0 Å². The highest BCUT2D eigenvalue weighted by Gasteiger charge is 2.13. The number of hydrogen-bond donors (Lipinski definition) is 0. The van der Waals surface area contributed by atoms with E-state index in [1.54, 1.807) is 25.3 Å². The third-order valence-corrected chi connectivity index (χ3v) is 3.86. The number of aromatic nitrogens is 1. The molecule has 4 rings (SSSR count). The van der Waals surface area contributed by atoms with Gasteiger partial charge in [0.15, 0.2) is 0 Å². The maximum atomic E-state index is 12.3. The zero-order valence-electron chi connectivity index (χ0n) is 12.4. The summed E-state index contributed by atoms with van der Waals surface area (Å²) in [7, 11) is 1.56. The van der Waals surface area contributed by atoms with E-state index in [1.807, 2.05) is 42.5 Å². The molecule has 0 saturated carbocycles. The summed E-state index contributed by atoms with van der Waals surface area (Å²) in [4.78, 5) is 16.9. The predicted molar refractivity (Wildman–Crippen MR) is 89.8 cm³/mol. The summed E-state index contributed by atoms with van der Waals surface area (Å²) in [5.41, 5.74) is 0.874. The topological polar surface area (TPSA) is 52.3 Å². The maximum absolute atomic E-state index is 12.3. The van der Waals surface area contributed by atoms with Crippen LogP contribution in [0.4, 0.5) is 0 Å². The maximum Gasteiger partial charge on any atom is 0.347 e. The first-order valence-corrected chi connectivity index (χ1v) is 7.24. The highest BCUT2D eigenvalue weighted by Crippen LogP contribution is 2.29. The number of fused-ring (bicyclic) bond motifs is 2. The highest BCUT2D eigenvalue weighted by atomic mass is 16.5. The summed E-state index contributed by atoms with van der Waals surface area (Å²) in [5, 5.41) is 2.46. The van der Waals surface area contributed by atoms with E-state index in [2.05, 4.69) is 4.98 Å². The molecule has 0 radical (unpaired) electrons. The summed E-state index contributed by atoms with van der Waals surface area (Å²) in [6, 6.07) is 19.0. The second-order valence-corrected chi connectivity index (χ2v) is 5.19. The van der Waals surface area contributed by atoms with Crippen molar-refractivity contribution in [1.82, 2.24) is 4.98 Å². The van der Waals surface area contributed by atoms with Crippen LogP contribution in [-0.2, 0) is 0 Å². The molecule has 1 aromatic heterocycles. The molecule has 0 bridgehead atoms. The lowest BCUT2D eigenvalue weighted by atomic mass is 10.0. The van der Waals surface area contributed by atoms with E-state index in [4.69, 9.17) is 9.15 Å². The van der Waals surface area contributed by atoms with E-state index in [1.165, 1.54) is 0 Å². The molecule has 0 saturated heterocycles. The molecule has 23 heavy (non-hydrogen) atoms. The molecule has 4 heteroatoms. The van der Waals surface area contributed by atoms with Crippen LogP contribution in [0.5, 0.6) is 5.75 Å². The molecule has 0 fully saturated rings. The Morgan fingerprint density at radius 3 is 2.52 bits per heavy atom. The number of hydrogen-bond acceptors (Lipinski definition) is 4. The fraction of sp³-hybridized carbons (Fsp3) is 0.0526. The van der Waals surface area contributed by atoms with E-state index < -0.39 is 5.63 Å². The third-order valence-electron chi connectivity index (χ3n) is 3.86. The van der Waals surface area contributed by atoms with Crippen LogP contribution >= 0.6 is 0 Å². The molecule has 0 N–H and O–H groups in total. The van der Waals surface area contributed by atoms with Gasteiger partial charge in [-0.1, -0.05) is 42.5 Å². The monoisotopic (exact) mass is 303 g/mol. The largest absolute Gasteiger partial charge is 0.494 e. The summed E-state index contributed by atoms with van der Waals surface area (Å²) in [5.74, 6) is 0.848. The predicted octanol–water partition coefficient (Wildman–Crippen LogP) is 4.02. The molecule has 0 aliphatic carbocycles. The number of para-hydroxylation sites is 1. The number of benzene rings is 3. The SMILES string of the molecule is COc1cccc2c(=O)oc(-c3cccc4ccccc34)nc12. The van der Waals surface area contributed by atoms with E-state index >= 15 is 0 Å². The first-order chi connectivity index (χ1) is 11.3. The van der Waals surface area contributed by atoms with Crippen LogP contribution in [-0.4, -0.2) is 12.1 Å². The number of nitrogens with zero attached hydrogens (tertiary/aromatic N) is 1. The zero-order chi connectivity index (χ0) is 15.8. The second kappa shape index (κ2) is 5.25. The third kappa shape index (κ3) is 2.16. The minimum Gasteiger partial charge on any atom is -0.494 e. The van der Waals surface area contributed by atoms with Crippen LogP contribution in [0.1, 0.15) is 0 Å². The Hall–Kier alpha value is -3.14. The Balaban J connectivity index is 2.08. The van der Waals surface area contributed by atoms with E-state index in [0.29, 0.717) is 22.5 Å². The van der Waals surface area contributed by atoms with Crippen molar-refractivity contribution < 1.29 is 9.15 Å². The Labute approximate surface area is 132 Å². The van der Waals surface area contributed by atoms with Gasteiger partial charge in [0, 0.05) is 5.56 Å². The van der Waals surface area contributed by atoms with Crippen LogP contribution in [0.2, 0.25) is 0 Å². The second-order valence-electron chi connectivity index (χ2n) is 5.19. The summed E-state index contributed by atoms with van der Waals surface area (Å²) in [6.07, 6.45) is 0. The molecule has 0 amide bonds. The number of ether oxygens (including phenoxy) is 1. The van der Waals surface area contributed by atoms with Crippen LogP contribution in [0.15, 0.2) is 69.9 Å². The smallest absolute Gasteiger partial charge is 0.347 e. The van der Waals surface area contributed by atoms with Gasteiger partial charge in [0.1, 0.15) is 11.3 Å². The van der Waals surface area contributed by atoms with Gasteiger partial charge < -0.3 is 9.15 Å². The van der Waals surface area contributed by atoms with E-state index in [0.717, 1.165) is 16.3 Å². The van der Waals surface area contributed by atoms with Gasteiger partial charge in [-0.3, -0.25) is 0 Å². The molecule has 0 unspecified atom stereocenters. The van der Waals surface area contributed by atoms with Gasteiger partial charge >= 0.3 is 5.63 Å². The normalized spacial score (nSPS) is 11.0. The minimum absolute atomic E-state index is 0.295. The molecule has 112 valence electrons. The minimum atomic E-state index is -0.420. The first-order valence-electron chi connectivity index (χ1n) is 7.24. The molecule has 4 aromatic rings. The van der Waals surface area contributed by atoms with Crippen LogP contribution in [0.25, 0.3) is 33.1 Å². The lowest BCUT2D eigenvalue weighted by molar-refractivity contribution is 0.417. The van der Waals surface area contributed by atoms with Gasteiger partial charge in [-0.25, -0.2) is 9.78 Å². The van der Waals surface area contributed by atoms with Crippen molar-refractivity contribution in [2.45, 2.75) is 0 Å². The molecular weight excluding hydrogens is 290 g/mol. The van der Waals surface area contributed by atoms with Crippen LogP contribution < -0.4 is 10.4 Å². The van der Waals surface area contributed by atoms with Crippen molar-refractivity contribution in [2.24, 2.45) is 0 Å². The molecule has 0 aliphatic heterocycles. The molecule has 0 aliphatic rings. The van der Waals surface area contributed by atoms with Gasteiger partial charge in [0.25, 0.3) is 0 Å². The van der Waals surface area contributed by atoms with Crippen molar-refractivity contribution in [3.63, 3.8) is 0 Å². The van der Waals surface area contributed by atoms with E-state index in [-0.39, 0.29) is 0 Å². The van der Waals surface area contributed by atoms with Crippen molar-refractivity contribution in [3.8, 4) is 17.2 Å². The molecule has 0 atom stereocenters. The molecule has 4 nitrogen and oxygen atoms in total. The zero-order valence-corrected chi connectivity index (χ0v) is 12.4. The van der Waals surface area contributed by atoms with Crippen molar-refractivity contribution in [2.75, 3.05) is 7.11 Å². The van der Waals surface area contributed by atoms with Crippen molar-refractivity contribution >= 4 is 21.7 Å². The van der Waals surface area contributed by atoms with Gasteiger partial charge in [0.2, 0.25) is 5.89 Å². The highest BCUT2D eigenvalue weighted by molar-refractivity contribution is 5.95. The van der Waals surface area contributed by atoms with E-state index in [9.17, 15) is 4.79 Å². The summed E-state index contributed by atoms with van der Waals surface area (Å²) >= 11 is 0. The first kappa shape index (κ1) is 13.5. The Morgan fingerprint density at radius 1 is 0.913 bits per heavy atom. The quantitative estimate of drug-likeness (QED) is 0.561. The Kier molecular flexibility index (Phi) is 3.08. The van der Waals surface area contributed by atoms with Crippen LogP contribution in [0.3, 0.4) is 0 Å².